The van der Waals surface area contributed by atoms with Gasteiger partial charge in [0.2, 0.25) is 0 Å². The van der Waals surface area contributed by atoms with Crippen molar-refractivity contribution in [1.29, 1.82) is 0 Å². The highest BCUT2D eigenvalue weighted by Crippen LogP contribution is 2.29. The van der Waals surface area contributed by atoms with Gasteiger partial charge in [0.05, 0.1) is 12.8 Å². The first kappa shape index (κ1) is 15.9. The summed E-state index contributed by atoms with van der Waals surface area (Å²) in [5, 5.41) is 0. The molecule has 4 nitrogen and oxygen atoms in total. The zero-order valence-electron chi connectivity index (χ0n) is 12.8. The van der Waals surface area contributed by atoms with Gasteiger partial charge in [0, 0.05) is 17.8 Å². The third-order valence-corrected chi connectivity index (χ3v) is 3.74. The third-order valence-electron chi connectivity index (χ3n) is 3.74. The largest absolute Gasteiger partial charge is 0.492 e. The van der Waals surface area contributed by atoms with Crippen molar-refractivity contribution < 1.29 is 4.74 Å². The Morgan fingerprint density at radius 3 is 2.42 bits per heavy atom. The molecule has 1 aromatic heterocycles. The van der Waals surface area contributed by atoms with Crippen LogP contribution < -0.4 is 10.5 Å². The summed E-state index contributed by atoms with van der Waals surface area (Å²) in [6.07, 6.45) is 3.56. The van der Waals surface area contributed by atoms with Gasteiger partial charge in [-0.1, -0.05) is 13.8 Å². The first-order valence-corrected chi connectivity index (χ1v) is 7.05. The van der Waals surface area contributed by atoms with E-state index in [1.54, 1.807) is 6.20 Å². The molecule has 1 unspecified atom stereocenters. The van der Waals surface area contributed by atoms with E-state index < -0.39 is 0 Å². The molecule has 0 aliphatic heterocycles. The summed E-state index contributed by atoms with van der Waals surface area (Å²) in [6, 6.07) is 1.90. The van der Waals surface area contributed by atoms with Gasteiger partial charge in [0.25, 0.3) is 0 Å². The van der Waals surface area contributed by atoms with Gasteiger partial charge in [-0.25, -0.2) is 0 Å². The van der Waals surface area contributed by atoms with E-state index in [-0.39, 0.29) is 11.6 Å². The second-order valence-corrected chi connectivity index (χ2v) is 5.19. The van der Waals surface area contributed by atoms with Crippen LogP contribution in [0.4, 0.5) is 0 Å². The molecule has 0 bridgehead atoms. The van der Waals surface area contributed by atoms with Crippen LogP contribution in [0.25, 0.3) is 0 Å². The molecule has 1 aromatic rings. The summed E-state index contributed by atoms with van der Waals surface area (Å²) in [4.78, 5) is 6.59. The van der Waals surface area contributed by atoms with E-state index in [0.717, 1.165) is 24.4 Å². The van der Waals surface area contributed by atoms with Gasteiger partial charge in [0.1, 0.15) is 5.75 Å². The van der Waals surface area contributed by atoms with Crippen molar-refractivity contribution in [3.8, 4) is 5.75 Å². The second-order valence-electron chi connectivity index (χ2n) is 5.19. The van der Waals surface area contributed by atoms with Crippen molar-refractivity contribution in [2.45, 2.75) is 46.2 Å². The van der Waals surface area contributed by atoms with Crippen molar-refractivity contribution in [3.05, 3.63) is 24.0 Å². The molecule has 0 aliphatic rings. The standard InChI is InChI=1S/C15H27N3O/c1-6-18(7-2)15(4,5)14(16)12-9-13(19-8-3)11-17-10-12/h9-11,14H,6-8,16H2,1-5H3. The smallest absolute Gasteiger partial charge is 0.137 e. The zero-order chi connectivity index (χ0) is 14.5. The highest BCUT2D eigenvalue weighted by molar-refractivity contribution is 5.28. The molecule has 1 heterocycles. The molecule has 0 spiro atoms. The van der Waals surface area contributed by atoms with Crippen molar-refractivity contribution in [2.75, 3.05) is 19.7 Å². The molecule has 1 rings (SSSR count). The molecule has 0 aliphatic carbocycles. The number of pyridine rings is 1. The Kier molecular flexibility index (Phi) is 5.76. The maximum Gasteiger partial charge on any atom is 0.137 e. The number of hydrogen-bond donors (Lipinski definition) is 1. The minimum absolute atomic E-state index is 0.0969. The van der Waals surface area contributed by atoms with Crippen LogP contribution in [0.1, 0.15) is 46.2 Å². The first-order chi connectivity index (χ1) is 8.97. The lowest BCUT2D eigenvalue weighted by Crippen LogP contribution is -2.51. The summed E-state index contributed by atoms with van der Waals surface area (Å²) in [6.45, 7) is 13.2. The van der Waals surface area contributed by atoms with Crippen LogP contribution in [0.2, 0.25) is 0 Å². The van der Waals surface area contributed by atoms with Crippen molar-refractivity contribution in [3.63, 3.8) is 0 Å². The molecule has 0 radical (unpaired) electrons. The fourth-order valence-electron chi connectivity index (χ4n) is 2.49. The number of rotatable bonds is 7. The summed E-state index contributed by atoms with van der Waals surface area (Å²) in [5.74, 6) is 0.783. The molecule has 0 fully saturated rings. The Morgan fingerprint density at radius 1 is 1.26 bits per heavy atom. The summed E-state index contributed by atoms with van der Waals surface area (Å²) in [7, 11) is 0. The van der Waals surface area contributed by atoms with Gasteiger partial charge in [-0.15, -0.1) is 0 Å². The van der Waals surface area contributed by atoms with E-state index in [4.69, 9.17) is 10.5 Å². The third kappa shape index (κ3) is 3.67. The summed E-state index contributed by atoms with van der Waals surface area (Å²) >= 11 is 0. The van der Waals surface area contributed by atoms with Gasteiger partial charge in [-0.3, -0.25) is 9.88 Å². The molecule has 4 heteroatoms. The highest BCUT2D eigenvalue weighted by atomic mass is 16.5. The Morgan fingerprint density at radius 2 is 1.89 bits per heavy atom. The molecule has 2 N–H and O–H groups in total. The number of nitrogens with two attached hydrogens (primary N) is 1. The monoisotopic (exact) mass is 265 g/mol. The predicted molar refractivity (Wildman–Crippen MR) is 79.3 cm³/mol. The van der Waals surface area contributed by atoms with Crippen LogP contribution in [0.5, 0.6) is 5.75 Å². The normalized spacial score (nSPS) is 13.6. The molecule has 0 saturated carbocycles. The predicted octanol–water partition coefficient (Wildman–Crippen LogP) is 2.60. The Balaban J connectivity index is 2.97. The number of nitrogens with zero attached hydrogens (tertiary/aromatic N) is 2. The molecule has 1 atom stereocenters. The van der Waals surface area contributed by atoms with Gasteiger partial charge in [-0.2, -0.15) is 0 Å². The molecular formula is C15H27N3O. The van der Waals surface area contributed by atoms with Gasteiger partial charge >= 0.3 is 0 Å². The number of aromatic nitrogens is 1. The topological polar surface area (TPSA) is 51.4 Å². The molecule has 108 valence electrons. The fraction of sp³-hybridized carbons (Fsp3) is 0.667. The minimum atomic E-state index is -0.115. The number of ether oxygens (including phenoxy) is 1. The maximum atomic E-state index is 6.45. The van der Waals surface area contributed by atoms with E-state index in [0.29, 0.717) is 6.61 Å². The van der Waals surface area contributed by atoms with Crippen molar-refractivity contribution >= 4 is 0 Å². The van der Waals surface area contributed by atoms with Crippen LogP contribution in [0.3, 0.4) is 0 Å². The molecule has 0 aromatic carbocycles. The molecule has 19 heavy (non-hydrogen) atoms. The van der Waals surface area contributed by atoms with Crippen LogP contribution in [-0.4, -0.2) is 35.1 Å². The fourth-order valence-corrected chi connectivity index (χ4v) is 2.49. The zero-order valence-corrected chi connectivity index (χ0v) is 12.8. The van der Waals surface area contributed by atoms with Crippen LogP contribution >= 0.6 is 0 Å². The van der Waals surface area contributed by atoms with Crippen molar-refractivity contribution in [2.24, 2.45) is 5.73 Å². The second kappa shape index (κ2) is 6.87. The Hall–Kier alpha value is -1.13. The first-order valence-electron chi connectivity index (χ1n) is 7.05. The van der Waals surface area contributed by atoms with Crippen LogP contribution in [0, 0.1) is 0 Å². The van der Waals surface area contributed by atoms with Crippen LogP contribution in [-0.2, 0) is 0 Å². The SMILES string of the molecule is CCOc1cncc(C(N)C(C)(C)N(CC)CC)c1. The Labute approximate surface area is 117 Å². The molecule has 0 amide bonds. The lowest BCUT2D eigenvalue weighted by Gasteiger charge is -2.41. The van der Waals surface area contributed by atoms with E-state index in [9.17, 15) is 0 Å². The van der Waals surface area contributed by atoms with Gasteiger partial charge in [-0.05, 0) is 45.5 Å². The lowest BCUT2D eigenvalue weighted by molar-refractivity contribution is 0.106. The van der Waals surface area contributed by atoms with E-state index in [1.807, 2.05) is 19.2 Å². The minimum Gasteiger partial charge on any atom is -0.492 e. The average molecular weight is 265 g/mol. The maximum absolute atomic E-state index is 6.45. The quantitative estimate of drug-likeness (QED) is 0.823. The van der Waals surface area contributed by atoms with E-state index >= 15 is 0 Å². The summed E-state index contributed by atoms with van der Waals surface area (Å²) in [5.41, 5.74) is 7.35. The van der Waals surface area contributed by atoms with Gasteiger partial charge < -0.3 is 10.5 Å². The lowest BCUT2D eigenvalue weighted by atomic mass is 9.88. The molecular weight excluding hydrogens is 238 g/mol. The Bertz CT molecular complexity index is 389. The number of likely N-dealkylation sites (N-methyl/N-ethyl adjacent to an activating group) is 1. The highest BCUT2D eigenvalue weighted by Gasteiger charge is 2.32. The summed E-state index contributed by atoms with van der Waals surface area (Å²) < 4.78 is 5.49. The van der Waals surface area contributed by atoms with Gasteiger partial charge in [0.15, 0.2) is 0 Å². The molecule has 0 saturated heterocycles. The van der Waals surface area contributed by atoms with Crippen LogP contribution in [0.15, 0.2) is 18.5 Å². The van der Waals surface area contributed by atoms with Crippen molar-refractivity contribution in [1.82, 2.24) is 9.88 Å². The number of hydrogen-bond acceptors (Lipinski definition) is 4. The average Bonchev–Trinajstić information content (AvgIpc) is 2.39. The van der Waals surface area contributed by atoms with E-state index in [2.05, 4.69) is 37.6 Å². The van der Waals surface area contributed by atoms with E-state index in [1.165, 1.54) is 0 Å².